The molecule has 0 aliphatic heterocycles. The Morgan fingerprint density at radius 3 is 1.94 bits per heavy atom. The Kier molecular flexibility index (Phi) is 6.64. The molecule has 2 atom stereocenters. The van der Waals surface area contributed by atoms with Crippen LogP contribution < -0.4 is 0 Å². The zero-order chi connectivity index (χ0) is 31.3. The minimum absolute atomic E-state index is 0.289. The Bertz CT molecular complexity index is 2400. The highest BCUT2D eigenvalue weighted by molar-refractivity contribution is 6.16. The highest BCUT2D eigenvalue weighted by atomic mass is 15.0. The first-order valence-corrected chi connectivity index (χ1v) is 16.7. The number of hydrogen-bond donors (Lipinski definition) is 0. The molecule has 2 unspecified atom stereocenters. The summed E-state index contributed by atoms with van der Waals surface area (Å²) in [6.45, 7) is 2.46. The SMILES string of the molecule is CC1c2c(cccc2-c2cccc3c2c2ccccc2n3-c2ccccc2)-c2ccccc2CC1c1cccc(-c2ccccc2)c1. The summed E-state index contributed by atoms with van der Waals surface area (Å²) >= 11 is 0. The quantitative estimate of drug-likeness (QED) is 0.189. The van der Waals surface area contributed by atoms with E-state index in [1.165, 1.54) is 77.6 Å². The van der Waals surface area contributed by atoms with Gasteiger partial charge in [-0.05, 0) is 92.6 Å². The first kappa shape index (κ1) is 27.6. The molecule has 9 rings (SSSR count). The van der Waals surface area contributed by atoms with Crippen molar-refractivity contribution < 1.29 is 0 Å². The Morgan fingerprint density at radius 1 is 0.489 bits per heavy atom. The number of hydrogen-bond acceptors (Lipinski definition) is 0. The topological polar surface area (TPSA) is 4.93 Å². The van der Waals surface area contributed by atoms with Crippen molar-refractivity contribution in [3.8, 4) is 39.1 Å². The van der Waals surface area contributed by atoms with Crippen LogP contribution in [-0.4, -0.2) is 4.57 Å². The van der Waals surface area contributed by atoms with Gasteiger partial charge in [-0.15, -0.1) is 0 Å². The number of aromatic nitrogens is 1. The molecule has 0 bridgehead atoms. The average molecular weight is 602 g/mol. The van der Waals surface area contributed by atoms with Gasteiger partial charge in [-0.3, -0.25) is 0 Å². The smallest absolute Gasteiger partial charge is 0.0547 e. The van der Waals surface area contributed by atoms with Crippen LogP contribution in [0.3, 0.4) is 0 Å². The third-order valence-electron chi connectivity index (χ3n) is 10.3. The second-order valence-corrected chi connectivity index (χ2v) is 12.9. The monoisotopic (exact) mass is 601 g/mol. The molecule has 0 fully saturated rings. The summed E-state index contributed by atoms with van der Waals surface area (Å²) in [4.78, 5) is 0. The minimum Gasteiger partial charge on any atom is -0.309 e. The average Bonchev–Trinajstić information content (AvgIpc) is 3.42. The fourth-order valence-electron chi connectivity index (χ4n) is 8.19. The maximum Gasteiger partial charge on any atom is 0.0547 e. The Balaban J connectivity index is 1.30. The summed E-state index contributed by atoms with van der Waals surface area (Å²) in [5, 5.41) is 2.60. The van der Waals surface area contributed by atoms with E-state index in [2.05, 4.69) is 181 Å². The van der Waals surface area contributed by atoms with E-state index in [9.17, 15) is 0 Å². The van der Waals surface area contributed by atoms with Crippen LogP contribution in [0, 0.1) is 0 Å². The van der Waals surface area contributed by atoms with E-state index in [4.69, 9.17) is 0 Å². The molecule has 1 aliphatic rings. The Hall–Kier alpha value is -5.66. The third kappa shape index (κ3) is 4.54. The number of rotatable bonds is 4. The minimum atomic E-state index is 0.289. The molecule has 0 amide bonds. The van der Waals surface area contributed by atoms with Gasteiger partial charge >= 0.3 is 0 Å². The lowest BCUT2D eigenvalue weighted by Gasteiger charge is -2.27. The van der Waals surface area contributed by atoms with Crippen LogP contribution in [0.25, 0.3) is 60.9 Å². The van der Waals surface area contributed by atoms with Crippen molar-refractivity contribution >= 4 is 21.8 Å². The Labute approximate surface area is 276 Å². The van der Waals surface area contributed by atoms with Crippen LogP contribution in [-0.2, 0) is 6.42 Å². The molecule has 0 saturated heterocycles. The molecular formula is C46H35N. The van der Waals surface area contributed by atoms with E-state index in [1.807, 2.05) is 0 Å². The lowest BCUT2D eigenvalue weighted by molar-refractivity contribution is 0.580. The summed E-state index contributed by atoms with van der Waals surface area (Å²) in [6, 6.07) is 62.6. The molecule has 1 heteroatoms. The molecule has 0 saturated carbocycles. The zero-order valence-electron chi connectivity index (χ0n) is 26.5. The van der Waals surface area contributed by atoms with Crippen LogP contribution in [0.2, 0.25) is 0 Å². The van der Waals surface area contributed by atoms with Crippen molar-refractivity contribution in [2.24, 2.45) is 0 Å². The van der Waals surface area contributed by atoms with Gasteiger partial charge in [0.25, 0.3) is 0 Å². The fraction of sp³-hybridized carbons (Fsp3) is 0.0870. The van der Waals surface area contributed by atoms with Crippen molar-refractivity contribution in [1.29, 1.82) is 0 Å². The summed E-state index contributed by atoms with van der Waals surface area (Å²) in [5.74, 6) is 0.615. The molecule has 47 heavy (non-hydrogen) atoms. The molecular weight excluding hydrogens is 567 g/mol. The number of para-hydroxylation sites is 2. The molecule has 224 valence electrons. The van der Waals surface area contributed by atoms with Gasteiger partial charge in [0.1, 0.15) is 0 Å². The molecule has 0 N–H and O–H groups in total. The number of benzene rings is 7. The summed E-state index contributed by atoms with van der Waals surface area (Å²) in [5.41, 5.74) is 15.8. The van der Waals surface area contributed by atoms with Crippen LogP contribution in [0.4, 0.5) is 0 Å². The maximum absolute atomic E-state index is 2.46. The highest BCUT2D eigenvalue weighted by Gasteiger charge is 2.31. The van der Waals surface area contributed by atoms with E-state index in [1.54, 1.807) is 0 Å². The maximum atomic E-state index is 2.46. The molecule has 1 aromatic heterocycles. The molecule has 0 radical (unpaired) electrons. The Morgan fingerprint density at radius 2 is 1.09 bits per heavy atom. The highest BCUT2D eigenvalue weighted by Crippen LogP contribution is 2.50. The van der Waals surface area contributed by atoms with E-state index in [0.29, 0.717) is 5.92 Å². The van der Waals surface area contributed by atoms with Gasteiger partial charge in [-0.2, -0.15) is 0 Å². The second kappa shape index (κ2) is 11.3. The van der Waals surface area contributed by atoms with E-state index < -0.39 is 0 Å². The predicted molar refractivity (Wildman–Crippen MR) is 198 cm³/mol. The number of fused-ring (bicyclic) bond motifs is 6. The van der Waals surface area contributed by atoms with E-state index >= 15 is 0 Å². The van der Waals surface area contributed by atoms with Crippen LogP contribution in [0.5, 0.6) is 0 Å². The molecule has 1 heterocycles. The van der Waals surface area contributed by atoms with Crippen LogP contribution in [0.15, 0.2) is 170 Å². The van der Waals surface area contributed by atoms with Gasteiger partial charge in [0.05, 0.1) is 11.0 Å². The van der Waals surface area contributed by atoms with Crippen molar-refractivity contribution in [1.82, 2.24) is 4.57 Å². The van der Waals surface area contributed by atoms with Crippen molar-refractivity contribution in [2.75, 3.05) is 0 Å². The second-order valence-electron chi connectivity index (χ2n) is 12.9. The summed E-state index contributed by atoms with van der Waals surface area (Å²) < 4.78 is 2.42. The zero-order valence-corrected chi connectivity index (χ0v) is 26.5. The lowest BCUT2D eigenvalue weighted by Crippen LogP contribution is -2.11. The standard InChI is InChI=1S/C46H35N/c1-31-42(34-19-12-18-33(29-34)32-15-4-2-5-16-32)30-35-17-8-9-22-37(35)38-24-13-25-39(45(31)38)40-26-14-28-44-46(40)41-23-10-11-27-43(41)47(44)36-20-6-3-7-21-36/h2-29,31,42H,30H2,1H3. The third-order valence-corrected chi connectivity index (χ3v) is 10.3. The van der Waals surface area contributed by atoms with Gasteiger partial charge in [-0.1, -0.05) is 153 Å². The largest absolute Gasteiger partial charge is 0.309 e. The van der Waals surface area contributed by atoms with E-state index in [-0.39, 0.29) is 5.92 Å². The molecule has 0 spiro atoms. The first-order chi connectivity index (χ1) is 23.3. The van der Waals surface area contributed by atoms with Crippen molar-refractivity contribution in [3.63, 3.8) is 0 Å². The van der Waals surface area contributed by atoms with E-state index in [0.717, 1.165) is 6.42 Å². The normalized spacial score (nSPS) is 15.7. The van der Waals surface area contributed by atoms with Gasteiger partial charge in [-0.25, -0.2) is 0 Å². The molecule has 1 aliphatic carbocycles. The number of nitrogens with zero attached hydrogens (tertiary/aromatic N) is 1. The molecule has 7 aromatic carbocycles. The van der Waals surface area contributed by atoms with Crippen molar-refractivity contribution in [3.05, 3.63) is 187 Å². The van der Waals surface area contributed by atoms with Crippen molar-refractivity contribution in [2.45, 2.75) is 25.2 Å². The van der Waals surface area contributed by atoms with Crippen LogP contribution >= 0.6 is 0 Å². The predicted octanol–water partition coefficient (Wildman–Crippen LogP) is 12.2. The summed E-state index contributed by atoms with van der Waals surface area (Å²) in [6.07, 6.45) is 1.00. The van der Waals surface area contributed by atoms with Gasteiger partial charge in [0.2, 0.25) is 0 Å². The van der Waals surface area contributed by atoms with Gasteiger partial charge in [0.15, 0.2) is 0 Å². The molecule has 8 aromatic rings. The molecule has 1 nitrogen and oxygen atoms in total. The summed E-state index contributed by atoms with van der Waals surface area (Å²) in [7, 11) is 0. The fourth-order valence-corrected chi connectivity index (χ4v) is 8.19. The van der Waals surface area contributed by atoms with Crippen LogP contribution in [0.1, 0.15) is 35.4 Å². The lowest BCUT2D eigenvalue weighted by atomic mass is 9.77. The van der Waals surface area contributed by atoms with Gasteiger partial charge < -0.3 is 4.57 Å². The van der Waals surface area contributed by atoms with Gasteiger partial charge in [0, 0.05) is 16.5 Å². The first-order valence-electron chi connectivity index (χ1n) is 16.7.